The number of hydrogen-bond acceptors (Lipinski definition) is 4. The number of nitrogens with zero attached hydrogens (tertiary/aromatic N) is 1. The lowest BCUT2D eigenvalue weighted by atomic mass is 10.2. The van der Waals surface area contributed by atoms with Crippen LogP contribution >= 0.6 is 11.3 Å². The van der Waals surface area contributed by atoms with E-state index in [1.165, 1.54) is 50.1 Å². The Morgan fingerprint density at radius 1 is 1.32 bits per heavy atom. The normalized spacial score (nSPS) is 18.8. The van der Waals surface area contributed by atoms with Gasteiger partial charge in [0, 0.05) is 19.6 Å². The van der Waals surface area contributed by atoms with E-state index in [0.29, 0.717) is 0 Å². The van der Waals surface area contributed by atoms with Crippen LogP contribution in [0, 0.1) is 11.8 Å². The van der Waals surface area contributed by atoms with E-state index in [-0.39, 0.29) is 5.91 Å². The van der Waals surface area contributed by atoms with Crippen molar-refractivity contribution in [2.45, 2.75) is 32.2 Å². The molecule has 0 saturated heterocycles. The van der Waals surface area contributed by atoms with Gasteiger partial charge in [0.1, 0.15) is 0 Å². The van der Waals surface area contributed by atoms with Crippen LogP contribution in [0.2, 0.25) is 0 Å². The molecule has 104 valence electrons. The molecule has 5 heteroatoms. The minimum Gasteiger partial charge on any atom is -0.298 e. The molecule has 1 aromatic heterocycles. The number of carbonyl (C=O) groups is 1. The SMILES string of the molecule is NNC(=O)c1sccc1CN(CC1CC1)CC1CC1. The zero-order valence-electron chi connectivity index (χ0n) is 11.1. The van der Waals surface area contributed by atoms with Gasteiger partial charge in [-0.25, -0.2) is 5.84 Å². The van der Waals surface area contributed by atoms with E-state index in [4.69, 9.17) is 5.84 Å². The van der Waals surface area contributed by atoms with Crippen LogP contribution in [0.25, 0.3) is 0 Å². The molecule has 1 heterocycles. The first kappa shape index (κ1) is 13.1. The average molecular weight is 279 g/mol. The molecule has 2 aliphatic carbocycles. The van der Waals surface area contributed by atoms with Crippen molar-refractivity contribution in [1.29, 1.82) is 0 Å². The van der Waals surface area contributed by atoms with Crippen molar-refractivity contribution in [3.8, 4) is 0 Å². The van der Waals surface area contributed by atoms with E-state index >= 15 is 0 Å². The van der Waals surface area contributed by atoms with Gasteiger partial charge in [-0.05, 0) is 54.5 Å². The highest BCUT2D eigenvalue weighted by Gasteiger charge is 2.29. The zero-order valence-corrected chi connectivity index (χ0v) is 11.9. The molecule has 3 rings (SSSR count). The second-order valence-electron chi connectivity index (χ2n) is 5.83. The summed E-state index contributed by atoms with van der Waals surface area (Å²) in [5.41, 5.74) is 3.36. The summed E-state index contributed by atoms with van der Waals surface area (Å²) in [6, 6.07) is 2.06. The molecule has 1 amide bonds. The lowest BCUT2D eigenvalue weighted by Crippen LogP contribution is -2.32. The van der Waals surface area contributed by atoms with Crippen molar-refractivity contribution < 1.29 is 4.79 Å². The molecule has 1 aromatic rings. The Labute approximate surface area is 117 Å². The van der Waals surface area contributed by atoms with Crippen molar-refractivity contribution >= 4 is 17.2 Å². The highest BCUT2D eigenvalue weighted by Crippen LogP contribution is 2.34. The van der Waals surface area contributed by atoms with Gasteiger partial charge in [-0.3, -0.25) is 15.1 Å². The summed E-state index contributed by atoms with van der Waals surface area (Å²) in [7, 11) is 0. The van der Waals surface area contributed by atoms with Gasteiger partial charge in [0.15, 0.2) is 0 Å². The summed E-state index contributed by atoms with van der Waals surface area (Å²) in [6.07, 6.45) is 5.50. The maximum Gasteiger partial charge on any atom is 0.275 e. The number of nitrogens with two attached hydrogens (primary N) is 1. The fourth-order valence-electron chi connectivity index (χ4n) is 2.50. The number of thiophene rings is 1. The minimum atomic E-state index is -0.164. The van der Waals surface area contributed by atoms with Crippen LogP contribution in [0.5, 0.6) is 0 Å². The smallest absolute Gasteiger partial charge is 0.275 e. The Balaban J connectivity index is 1.65. The Kier molecular flexibility index (Phi) is 3.86. The fourth-order valence-corrected chi connectivity index (χ4v) is 3.32. The van der Waals surface area contributed by atoms with Crippen LogP contribution in [-0.2, 0) is 6.54 Å². The molecule has 0 unspecified atom stereocenters. The maximum atomic E-state index is 11.7. The predicted octanol–water partition coefficient (Wildman–Crippen LogP) is 1.97. The van der Waals surface area contributed by atoms with Crippen molar-refractivity contribution in [3.63, 3.8) is 0 Å². The van der Waals surface area contributed by atoms with E-state index in [1.807, 2.05) is 5.38 Å². The Hall–Kier alpha value is -0.910. The van der Waals surface area contributed by atoms with E-state index in [1.54, 1.807) is 0 Å². The summed E-state index contributed by atoms with van der Waals surface area (Å²) >= 11 is 1.47. The van der Waals surface area contributed by atoms with Crippen LogP contribution in [0.3, 0.4) is 0 Å². The van der Waals surface area contributed by atoms with Crippen molar-refractivity contribution in [2.24, 2.45) is 17.7 Å². The Bertz CT molecular complexity index is 437. The third kappa shape index (κ3) is 3.55. The maximum absolute atomic E-state index is 11.7. The topological polar surface area (TPSA) is 58.4 Å². The van der Waals surface area contributed by atoms with E-state index in [9.17, 15) is 4.79 Å². The van der Waals surface area contributed by atoms with Crippen LogP contribution in [-0.4, -0.2) is 23.9 Å². The molecule has 0 atom stereocenters. The first-order chi connectivity index (χ1) is 9.26. The van der Waals surface area contributed by atoms with Crippen molar-refractivity contribution in [3.05, 3.63) is 21.9 Å². The highest BCUT2D eigenvalue weighted by molar-refractivity contribution is 7.12. The molecule has 2 aliphatic rings. The monoisotopic (exact) mass is 279 g/mol. The summed E-state index contributed by atoms with van der Waals surface area (Å²) in [5.74, 6) is 6.86. The quantitative estimate of drug-likeness (QED) is 0.456. The molecule has 0 bridgehead atoms. The first-order valence-corrected chi connectivity index (χ1v) is 7.94. The van der Waals surface area contributed by atoms with Gasteiger partial charge in [-0.15, -0.1) is 11.3 Å². The number of hydrogen-bond donors (Lipinski definition) is 2. The van der Waals surface area contributed by atoms with E-state index in [2.05, 4.69) is 16.4 Å². The number of amides is 1. The van der Waals surface area contributed by atoms with Crippen LogP contribution in [0.1, 0.15) is 40.9 Å². The Morgan fingerprint density at radius 2 is 1.95 bits per heavy atom. The van der Waals surface area contributed by atoms with Gasteiger partial charge >= 0.3 is 0 Å². The third-order valence-corrected chi connectivity index (χ3v) is 4.86. The van der Waals surface area contributed by atoms with Crippen LogP contribution in [0.15, 0.2) is 11.4 Å². The molecule has 19 heavy (non-hydrogen) atoms. The summed E-state index contributed by atoms with van der Waals surface area (Å²) < 4.78 is 0. The second kappa shape index (κ2) is 5.61. The van der Waals surface area contributed by atoms with Gasteiger partial charge in [0.2, 0.25) is 0 Å². The number of carbonyl (C=O) groups excluding carboxylic acids is 1. The predicted molar refractivity (Wildman–Crippen MR) is 76.7 cm³/mol. The van der Waals surface area contributed by atoms with Gasteiger partial charge < -0.3 is 0 Å². The molecule has 0 aliphatic heterocycles. The summed E-state index contributed by atoms with van der Waals surface area (Å²) in [5, 5.41) is 1.98. The van der Waals surface area contributed by atoms with Crippen molar-refractivity contribution in [2.75, 3.05) is 13.1 Å². The Morgan fingerprint density at radius 3 is 2.47 bits per heavy atom. The largest absolute Gasteiger partial charge is 0.298 e. The molecule has 0 spiro atoms. The third-order valence-electron chi connectivity index (χ3n) is 3.90. The van der Waals surface area contributed by atoms with Crippen LogP contribution in [0.4, 0.5) is 0 Å². The number of nitrogen functional groups attached to an aromatic ring is 1. The summed E-state index contributed by atoms with van der Waals surface area (Å²) in [4.78, 5) is 15.0. The standard InChI is InChI=1S/C14H21N3OS/c15-16-14(18)13-12(5-6-19-13)9-17(7-10-1-2-10)8-11-3-4-11/h5-6,10-11H,1-4,7-9,15H2,(H,16,18). The van der Waals surface area contributed by atoms with Crippen LogP contribution < -0.4 is 11.3 Å². The number of nitrogens with one attached hydrogen (secondary N) is 1. The van der Waals surface area contributed by atoms with E-state index in [0.717, 1.165) is 28.8 Å². The van der Waals surface area contributed by atoms with Crippen molar-refractivity contribution in [1.82, 2.24) is 10.3 Å². The fraction of sp³-hybridized carbons (Fsp3) is 0.643. The number of hydrazine groups is 1. The van der Waals surface area contributed by atoms with Gasteiger partial charge in [0.05, 0.1) is 4.88 Å². The van der Waals surface area contributed by atoms with E-state index < -0.39 is 0 Å². The highest BCUT2D eigenvalue weighted by atomic mass is 32.1. The average Bonchev–Trinajstić information content (AvgIpc) is 3.32. The first-order valence-electron chi connectivity index (χ1n) is 7.06. The minimum absolute atomic E-state index is 0.164. The van der Waals surface area contributed by atoms with Gasteiger partial charge in [-0.1, -0.05) is 0 Å². The summed E-state index contributed by atoms with van der Waals surface area (Å²) in [6.45, 7) is 3.27. The molecule has 3 N–H and O–H groups in total. The molecule has 4 nitrogen and oxygen atoms in total. The molecule has 0 radical (unpaired) electrons. The lowest BCUT2D eigenvalue weighted by molar-refractivity contribution is 0.0955. The molecular formula is C14H21N3OS. The van der Waals surface area contributed by atoms with Gasteiger partial charge in [-0.2, -0.15) is 0 Å². The second-order valence-corrected chi connectivity index (χ2v) is 6.75. The molecule has 2 fully saturated rings. The zero-order chi connectivity index (χ0) is 13.2. The molecule has 0 aromatic carbocycles. The number of rotatable bonds is 7. The molecular weight excluding hydrogens is 258 g/mol. The lowest BCUT2D eigenvalue weighted by Gasteiger charge is -2.22. The van der Waals surface area contributed by atoms with Gasteiger partial charge in [0.25, 0.3) is 5.91 Å². The molecule has 2 saturated carbocycles.